The molecule has 0 saturated carbocycles. The number of ether oxygens (including phenoxy) is 2. The molecular formula is C21H25NO3. The van der Waals surface area contributed by atoms with Crippen molar-refractivity contribution in [2.45, 2.75) is 45.2 Å². The van der Waals surface area contributed by atoms with Crippen LogP contribution in [0.5, 0.6) is 17.2 Å². The van der Waals surface area contributed by atoms with Gasteiger partial charge in [-0.1, -0.05) is 24.3 Å². The third-order valence-electron chi connectivity index (χ3n) is 4.63. The molecule has 25 heavy (non-hydrogen) atoms. The number of amides is 1. The van der Waals surface area contributed by atoms with Crippen LogP contribution in [0, 0.1) is 0 Å². The first-order valence-electron chi connectivity index (χ1n) is 8.90. The Bertz CT molecular complexity index is 691. The van der Waals surface area contributed by atoms with Crippen LogP contribution in [0.3, 0.4) is 0 Å². The van der Waals surface area contributed by atoms with Crippen molar-refractivity contribution in [1.29, 1.82) is 0 Å². The fraction of sp³-hybridized carbons (Fsp3) is 0.381. The topological polar surface area (TPSA) is 38.8 Å². The van der Waals surface area contributed by atoms with Crippen LogP contribution >= 0.6 is 0 Å². The highest BCUT2D eigenvalue weighted by molar-refractivity contribution is 5.78. The van der Waals surface area contributed by atoms with Crippen LogP contribution < -0.4 is 9.47 Å². The lowest BCUT2D eigenvalue weighted by molar-refractivity contribution is -0.139. The SMILES string of the molecule is C[C@@H]1CCC[C@H](C)N1C(=O)COc1cccc(Oc2ccccc2)c1. The first kappa shape index (κ1) is 17.3. The molecule has 0 N–H and O–H groups in total. The summed E-state index contributed by atoms with van der Waals surface area (Å²) in [5.74, 6) is 2.15. The minimum absolute atomic E-state index is 0.0501. The van der Waals surface area contributed by atoms with E-state index in [1.165, 1.54) is 6.42 Å². The van der Waals surface area contributed by atoms with E-state index in [0.717, 1.165) is 18.6 Å². The maximum absolute atomic E-state index is 12.5. The first-order valence-corrected chi connectivity index (χ1v) is 8.90. The lowest BCUT2D eigenvalue weighted by Gasteiger charge is -2.38. The lowest BCUT2D eigenvalue weighted by Crippen LogP contribution is -2.49. The Morgan fingerprint density at radius 2 is 1.60 bits per heavy atom. The van der Waals surface area contributed by atoms with Crippen molar-refractivity contribution in [1.82, 2.24) is 4.90 Å². The summed E-state index contributed by atoms with van der Waals surface area (Å²) in [5.41, 5.74) is 0. The Morgan fingerprint density at radius 3 is 2.32 bits per heavy atom. The molecule has 3 rings (SSSR count). The second-order valence-electron chi connectivity index (χ2n) is 6.61. The van der Waals surface area contributed by atoms with E-state index < -0.39 is 0 Å². The first-order chi connectivity index (χ1) is 12.1. The number of nitrogens with zero attached hydrogens (tertiary/aromatic N) is 1. The third kappa shape index (κ3) is 4.53. The molecular weight excluding hydrogens is 314 g/mol. The van der Waals surface area contributed by atoms with Gasteiger partial charge in [0.1, 0.15) is 17.2 Å². The minimum Gasteiger partial charge on any atom is -0.484 e. The van der Waals surface area contributed by atoms with E-state index in [1.54, 1.807) is 0 Å². The molecule has 1 saturated heterocycles. The van der Waals surface area contributed by atoms with Crippen molar-refractivity contribution in [3.05, 3.63) is 54.6 Å². The summed E-state index contributed by atoms with van der Waals surface area (Å²) in [6.07, 6.45) is 3.32. The highest BCUT2D eigenvalue weighted by Crippen LogP contribution is 2.26. The third-order valence-corrected chi connectivity index (χ3v) is 4.63. The van der Waals surface area contributed by atoms with Crippen molar-refractivity contribution in [3.63, 3.8) is 0 Å². The van der Waals surface area contributed by atoms with Gasteiger partial charge >= 0.3 is 0 Å². The van der Waals surface area contributed by atoms with Crippen molar-refractivity contribution in [2.75, 3.05) is 6.61 Å². The smallest absolute Gasteiger partial charge is 0.260 e. The van der Waals surface area contributed by atoms with Crippen LogP contribution in [0.15, 0.2) is 54.6 Å². The van der Waals surface area contributed by atoms with E-state index in [4.69, 9.17) is 9.47 Å². The Labute approximate surface area is 149 Å². The summed E-state index contributed by atoms with van der Waals surface area (Å²) < 4.78 is 11.5. The number of likely N-dealkylation sites (tertiary alicyclic amines) is 1. The average Bonchev–Trinajstić information content (AvgIpc) is 2.61. The van der Waals surface area contributed by atoms with E-state index in [2.05, 4.69) is 13.8 Å². The molecule has 1 amide bonds. The molecule has 0 radical (unpaired) electrons. The molecule has 1 heterocycles. The maximum atomic E-state index is 12.5. The van der Waals surface area contributed by atoms with E-state index in [9.17, 15) is 4.79 Å². The highest BCUT2D eigenvalue weighted by Gasteiger charge is 2.28. The van der Waals surface area contributed by atoms with E-state index in [1.807, 2.05) is 59.5 Å². The fourth-order valence-electron chi connectivity index (χ4n) is 3.38. The molecule has 2 aromatic carbocycles. The molecule has 0 unspecified atom stereocenters. The van der Waals surface area contributed by atoms with Crippen LogP contribution in [0.1, 0.15) is 33.1 Å². The quantitative estimate of drug-likeness (QED) is 0.796. The van der Waals surface area contributed by atoms with Gasteiger partial charge < -0.3 is 14.4 Å². The molecule has 132 valence electrons. The van der Waals surface area contributed by atoms with Gasteiger partial charge in [0, 0.05) is 18.2 Å². The molecule has 1 fully saturated rings. The van der Waals surface area contributed by atoms with Crippen LogP contribution in [-0.4, -0.2) is 29.5 Å². The molecule has 2 aromatic rings. The second-order valence-corrected chi connectivity index (χ2v) is 6.61. The molecule has 1 aliphatic rings. The minimum atomic E-state index is 0.0501. The fourth-order valence-corrected chi connectivity index (χ4v) is 3.38. The predicted octanol–water partition coefficient (Wildman–Crippen LogP) is 4.65. The summed E-state index contributed by atoms with van der Waals surface area (Å²) in [7, 11) is 0. The van der Waals surface area contributed by atoms with Crippen molar-refractivity contribution < 1.29 is 14.3 Å². The Kier molecular flexibility index (Phi) is 5.59. The number of piperidine rings is 1. The number of benzene rings is 2. The van der Waals surface area contributed by atoms with E-state index >= 15 is 0 Å². The standard InChI is InChI=1S/C21H25NO3/c1-16-8-6-9-17(2)22(16)21(23)15-24-19-12-7-13-20(14-19)25-18-10-4-3-5-11-18/h3-5,7,10-14,16-17H,6,8-9,15H2,1-2H3/t16-,17+. The van der Waals surface area contributed by atoms with Gasteiger partial charge in [-0.25, -0.2) is 0 Å². The van der Waals surface area contributed by atoms with Gasteiger partial charge in [-0.3, -0.25) is 4.79 Å². The van der Waals surface area contributed by atoms with Gasteiger partial charge in [0.25, 0.3) is 5.91 Å². The summed E-state index contributed by atoms with van der Waals surface area (Å²) in [6.45, 7) is 4.28. The zero-order chi connectivity index (χ0) is 17.6. The van der Waals surface area contributed by atoms with Crippen molar-refractivity contribution in [2.24, 2.45) is 0 Å². The number of para-hydroxylation sites is 1. The Hall–Kier alpha value is -2.49. The monoisotopic (exact) mass is 339 g/mol. The molecule has 0 bridgehead atoms. The molecule has 4 heteroatoms. The average molecular weight is 339 g/mol. The van der Waals surface area contributed by atoms with Crippen LogP contribution in [0.25, 0.3) is 0 Å². The van der Waals surface area contributed by atoms with Crippen LogP contribution in [-0.2, 0) is 4.79 Å². The summed E-state index contributed by atoms with van der Waals surface area (Å²) in [4.78, 5) is 14.5. The van der Waals surface area contributed by atoms with E-state index in [0.29, 0.717) is 11.5 Å². The molecule has 0 aliphatic carbocycles. The van der Waals surface area contributed by atoms with Crippen LogP contribution in [0.4, 0.5) is 0 Å². The molecule has 4 nitrogen and oxygen atoms in total. The van der Waals surface area contributed by atoms with Gasteiger partial charge in [0.2, 0.25) is 0 Å². The zero-order valence-corrected chi connectivity index (χ0v) is 14.9. The number of hydrogen-bond donors (Lipinski definition) is 0. The maximum Gasteiger partial charge on any atom is 0.260 e. The molecule has 0 spiro atoms. The van der Waals surface area contributed by atoms with Gasteiger partial charge in [-0.2, -0.15) is 0 Å². The molecule has 1 aliphatic heterocycles. The zero-order valence-electron chi connectivity index (χ0n) is 14.9. The summed E-state index contributed by atoms with van der Waals surface area (Å²) in [5, 5.41) is 0. The van der Waals surface area contributed by atoms with Gasteiger partial charge in [-0.15, -0.1) is 0 Å². The van der Waals surface area contributed by atoms with Gasteiger partial charge in [-0.05, 0) is 57.4 Å². The molecule has 2 atom stereocenters. The largest absolute Gasteiger partial charge is 0.484 e. The normalized spacial score (nSPS) is 20.2. The van der Waals surface area contributed by atoms with Gasteiger partial charge in [0.15, 0.2) is 6.61 Å². The van der Waals surface area contributed by atoms with Gasteiger partial charge in [0.05, 0.1) is 0 Å². The second kappa shape index (κ2) is 8.06. The Morgan fingerprint density at radius 1 is 0.960 bits per heavy atom. The van der Waals surface area contributed by atoms with E-state index in [-0.39, 0.29) is 24.6 Å². The number of hydrogen-bond acceptors (Lipinski definition) is 3. The van der Waals surface area contributed by atoms with Crippen molar-refractivity contribution >= 4 is 5.91 Å². The highest BCUT2D eigenvalue weighted by atomic mass is 16.5. The summed E-state index contributed by atoms with van der Waals surface area (Å²) >= 11 is 0. The number of rotatable bonds is 5. The Balaban J connectivity index is 1.59. The summed E-state index contributed by atoms with van der Waals surface area (Å²) in [6, 6.07) is 17.6. The number of carbonyl (C=O) groups is 1. The number of carbonyl (C=O) groups excluding carboxylic acids is 1. The van der Waals surface area contributed by atoms with Crippen molar-refractivity contribution in [3.8, 4) is 17.2 Å². The molecule has 0 aromatic heterocycles. The predicted molar refractivity (Wildman–Crippen MR) is 98.1 cm³/mol. The van der Waals surface area contributed by atoms with Crippen LogP contribution in [0.2, 0.25) is 0 Å². The lowest BCUT2D eigenvalue weighted by atomic mass is 9.97.